The number of phenols is 1. The molecule has 7 nitrogen and oxygen atoms in total. The largest absolute Gasteiger partial charge is 0.506 e. The summed E-state index contributed by atoms with van der Waals surface area (Å²) >= 11 is 10.7. The van der Waals surface area contributed by atoms with Gasteiger partial charge < -0.3 is 5.11 Å². The molecule has 1 aliphatic carbocycles. The van der Waals surface area contributed by atoms with E-state index >= 15 is 0 Å². The van der Waals surface area contributed by atoms with E-state index in [1.54, 1.807) is 28.8 Å². The van der Waals surface area contributed by atoms with Gasteiger partial charge in [0.1, 0.15) is 5.75 Å². The van der Waals surface area contributed by atoms with Crippen molar-refractivity contribution >= 4 is 56.3 Å². The van der Waals surface area contributed by atoms with Gasteiger partial charge in [0.25, 0.3) is 11.2 Å². The second-order valence-corrected chi connectivity index (χ2v) is 11.1. The van der Waals surface area contributed by atoms with E-state index in [1.165, 1.54) is 29.0 Å². The second-order valence-electron chi connectivity index (χ2n) is 8.79. The molecule has 0 spiro atoms. The van der Waals surface area contributed by atoms with E-state index < -0.39 is 11.0 Å². The van der Waals surface area contributed by atoms with Crippen LogP contribution < -0.4 is 14.9 Å². The molecule has 1 N–H and O–H groups in total. The summed E-state index contributed by atoms with van der Waals surface area (Å²) < 4.78 is 2.64. The summed E-state index contributed by atoms with van der Waals surface area (Å²) in [6.07, 6.45) is 3.05. The number of phenolic OH excluding ortho intramolecular Hbond substituents is 1. The van der Waals surface area contributed by atoms with Crippen molar-refractivity contribution in [2.45, 2.75) is 18.9 Å². The topological polar surface area (TPSA) is 97.7 Å². The van der Waals surface area contributed by atoms with E-state index in [9.17, 15) is 20.0 Å². The molecule has 6 rings (SSSR count). The summed E-state index contributed by atoms with van der Waals surface area (Å²) in [5.41, 5.74) is 4.65. The number of allylic oxidation sites excluding steroid dienone is 1. The van der Waals surface area contributed by atoms with Gasteiger partial charge in [-0.1, -0.05) is 75.3 Å². The lowest BCUT2D eigenvalue weighted by molar-refractivity contribution is -0.384. The SMILES string of the molecule is O=c1/c(=C\c2cc(Br)cc(Cl)c2O)sc2n1[C@H](c1cccc([N+](=O)[O-])c1)C1=C(N=2)c2ccccc2CC1. The first kappa shape index (κ1) is 23.8. The number of aromatic hydroxyl groups is 1. The van der Waals surface area contributed by atoms with Crippen LogP contribution in [0.2, 0.25) is 5.02 Å². The predicted molar refractivity (Wildman–Crippen MR) is 147 cm³/mol. The number of rotatable bonds is 3. The van der Waals surface area contributed by atoms with Crippen LogP contribution >= 0.6 is 38.9 Å². The Bertz CT molecular complexity index is 1840. The number of thiazole rings is 1. The number of nitrogens with zero attached hydrogens (tertiary/aromatic N) is 3. The quantitative estimate of drug-likeness (QED) is 0.255. The number of nitro benzene ring substituents is 1. The lowest BCUT2D eigenvalue weighted by Crippen LogP contribution is -2.38. The number of hydrogen-bond acceptors (Lipinski definition) is 6. The highest BCUT2D eigenvalue weighted by molar-refractivity contribution is 9.10. The number of halogens is 2. The zero-order chi connectivity index (χ0) is 25.8. The molecule has 0 amide bonds. The van der Waals surface area contributed by atoms with Gasteiger partial charge in [0.15, 0.2) is 4.80 Å². The van der Waals surface area contributed by atoms with E-state index in [1.807, 2.05) is 24.3 Å². The first-order chi connectivity index (χ1) is 17.8. The van der Waals surface area contributed by atoms with Crippen molar-refractivity contribution in [2.75, 3.05) is 0 Å². The summed E-state index contributed by atoms with van der Waals surface area (Å²) in [6, 6.07) is 17.2. The molecule has 1 aromatic heterocycles. The van der Waals surface area contributed by atoms with Crippen LogP contribution in [0.3, 0.4) is 0 Å². The number of aromatic nitrogens is 1. The number of fused-ring (bicyclic) bond motifs is 3. The molecule has 184 valence electrons. The Morgan fingerprint density at radius 2 is 1.97 bits per heavy atom. The fourth-order valence-corrected chi connectivity index (χ4v) is 6.79. The van der Waals surface area contributed by atoms with Gasteiger partial charge in [-0.2, -0.15) is 0 Å². The molecule has 0 bridgehead atoms. The monoisotopic (exact) mass is 593 g/mol. The van der Waals surface area contributed by atoms with Crippen molar-refractivity contribution in [3.63, 3.8) is 0 Å². The van der Waals surface area contributed by atoms with Crippen LogP contribution in [-0.2, 0) is 6.42 Å². The van der Waals surface area contributed by atoms with Crippen molar-refractivity contribution in [3.05, 3.63) is 128 Å². The van der Waals surface area contributed by atoms with Gasteiger partial charge in [-0.25, -0.2) is 4.99 Å². The van der Waals surface area contributed by atoms with Gasteiger partial charge in [0, 0.05) is 27.7 Å². The first-order valence-electron chi connectivity index (χ1n) is 11.4. The smallest absolute Gasteiger partial charge is 0.271 e. The Hall–Kier alpha value is -3.53. The fraction of sp³-hybridized carbons (Fsp3) is 0.111. The van der Waals surface area contributed by atoms with E-state index in [2.05, 4.69) is 22.0 Å². The summed E-state index contributed by atoms with van der Waals surface area (Å²) in [6.45, 7) is 0. The molecule has 1 atom stereocenters. The number of nitro groups is 1. The zero-order valence-corrected chi connectivity index (χ0v) is 22.2. The molecule has 10 heteroatoms. The Kier molecular flexibility index (Phi) is 5.86. The van der Waals surface area contributed by atoms with Gasteiger partial charge in [-0.15, -0.1) is 0 Å². The zero-order valence-electron chi connectivity index (χ0n) is 19.0. The minimum atomic E-state index is -0.540. The van der Waals surface area contributed by atoms with Gasteiger partial charge >= 0.3 is 0 Å². The molecule has 3 aromatic carbocycles. The molecule has 4 aromatic rings. The lowest BCUT2D eigenvalue weighted by atomic mass is 9.83. The third-order valence-corrected chi connectivity index (χ3v) is 8.34. The van der Waals surface area contributed by atoms with Crippen molar-refractivity contribution in [2.24, 2.45) is 4.99 Å². The molecule has 0 saturated carbocycles. The van der Waals surface area contributed by atoms with Crippen LogP contribution in [0, 0.1) is 10.1 Å². The van der Waals surface area contributed by atoms with Crippen LogP contribution in [0.5, 0.6) is 5.75 Å². The summed E-state index contributed by atoms with van der Waals surface area (Å²) in [4.78, 5) is 30.4. The molecule has 2 aliphatic rings. The maximum atomic E-state index is 13.8. The minimum absolute atomic E-state index is 0.0383. The molecule has 37 heavy (non-hydrogen) atoms. The molecular weight excluding hydrogens is 578 g/mol. The third-order valence-electron chi connectivity index (χ3n) is 6.61. The molecular formula is C27H17BrClN3O4S. The average Bonchev–Trinajstić information content (AvgIpc) is 3.20. The highest BCUT2D eigenvalue weighted by Gasteiger charge is 2.33. The molecule has 2 heterocycles. The van der Waals surface area contributed by atoms with Crippen LogP contribution in [0.15, 0.2) is 80.5 Å². The normalized spacial score (nSPS) is 16.6. The summed E-state index contributed by atoms with van der Waals surface area (Å²) in [5.74, 6) is -0.126. The molecule has 0 fully saturated rings. The lowest BCUT2D eigenvalue weighted by Gasteiger charge is -2.30. The Labute approximate surface area is 227 Å². The van der Waals surface area contributed by atoms with Crippen LogP contribution in [0.1, 0.15) is 34.7 Å². The number of benzene rings is 3. The van der Waals surface area contributed by atoms with Gasteiger partial charge in [0.2, 0.25) is 0 Å². The van der Waals surface area contributed by atoms with Gasteiger partial charge in [-0.05, 0) is 47.8 Å². The van der Waals surface area contributed by atoms with E-state index in [0.29, 0.717) is 31.4 Å². The number of hydrogen-bond donors (Lipinski definition) is 1. The second kappa shape index (κ2) is 9.09. The Morgan fingerprint density at radius 3 is 2.78 bits per heavy atom. The standard InChI is InChI=1S/C27H17BrClN3O4S/c28-17-10-16(25(33)21(29)13-17)12-22-26(34)31-24(15-5-3-6-18(11-15)32(35)36)20-9-8-14-4-1-2-7-19(14)23(20)30-27(31)37-22/h1-7,10-13,24,33H,8-9H2/b22-12+/t24-/m1/s1. The van der Waals surface area contributed by atoms with Crippen LogP contribution in [0.25, 0.3) is 11.8 Å². The van der Waals surface area contributed by atoms with E-state index in [-0.39, 0.29) is 22.0 Å². The predicted octanol–water partition coefficient (Wildman–Crippen LogP) is 5.35. The van der Waals surface area contributed by atoms with Crippen molar-refractivity contribution < 1.29 is 10.0 Å². The van der Waals surface area contributed by atoms with Crippen LogP contribution in [-0.4, -0.2) is 14.6 Å². The maximum Gasteiger partial charge on any atom is 0.271 e. The van der Waals surface area contributed by atoms with E-state index in [0.717, 1.165) is 23.3 Å². The first-order valence-corrected chi connectivity index (χ1v) is 13.4. The van der Waals surface area contributed by atoms with Crippen molar-refractivity contribution in [1.82, 2.24) is 4.57 Å². The molecule has 1 aliphatic heterocycles. The minimum Gasteiger partial charge on any atom is -0.506 e. The summed E-state index contributed by atoms with van der Waals surface area (Å²) in [7, 11) is 0. The number of non-ortho nitro benzene ring substituents is 1. The van der Waals surface area contributed by atoms with Gasteiger partial charge in [0.05, 0.1) is 26.2 Å². The molecule has 0 saturated heterocycles. The van der Waals surface area contributed by atoms with Crippen molar-refractivity contribution in [1.29, 1.82) is 0 Å². The molecule has 0 unspecified atom stereocenters. The third kappa shape index (κ3) is 4.03. The Morgan fingerprint density at radius 1 is 1.16 bits per heavy atom. The maximum absolute atomic E-state index is 13.8. The van der Waals surface area contributed by atoms with E-state index in [4.69, 9.17) is 16.6 Å². The highest BCUT2D eigenvalue weighted by atomic mass is 79.9. The van der Waals surface area contributed by atoms with Crippen LogP contribution in [0.4, 0.5) is 5.69 Å². The summed E-state index contributed by atoms with van der Waals surface area (Å²) in [5, 5.41) is 22.2. The average molecular weight is 595 g/mol. The Balaban J connectivity index is 1.64. The fourth-order valence-electron chi connectivity index (χ4n) is 4.97. The van der Waals surface area contributed by atoms with Crippen molar-refractivity contribution in [3.8, 4) is 5.75 Å². The number of aryl methyl sites for hydroxylation is 1. The molecule has 0 radical (unpaired) electrons. The highest BCUT2D eigenvalue weighted by Crippen LogP contribution is 2.41. The van der Waals surface area contributed by atoms with Gasteiger partial charge in [-0.3, -0.25) is 19.5 Å².